The molecule has 3 heterocycles. The summed E-state index contributed by atoms with van der Waals surface area (Å²) in [6, 6.07) is 17.7. The number of rotatable bonds is 8. The molecule has 0 saturated carbocycles. The molecular weight excluding hydrogens is 490 g/mol. The van der Waals surface area contributed by atoms with Gasteiger partial charge in [0.05, 0.1) is 17.7 Å². The highest BCUT2D eigenvalue weighted by molar-refractivity contribution is 5.91. The summed E-state index contributed by atoms with van der Waals surface area (Å²) in [6.07, 6.45) is 6.87. The van der Waals surface area contributed by atoms with Crippen molar-refractivity contribution in [3.63, 3.8) is 0 Å². The molecule has 1 saturated heterocycles. The maximum absolute atomic E-state index is 13.7. The second-order valence-corrected chi connectivity index (χ2v) is 10.5. The van der Waals surface area contributed by atoms with Crippen molar-refractivity contribution in [2.24, 2.45) is 0 Å². The lowest BCUT2D eigenvalue weighted by Crippen LogP contribution is -2.39. The summed E-state index contributed by atoms with van der Waals surface area (Å²) in [6.45, 7) is 7.20. The molecule has 0 radical (unpaired) electrons. The average Bonchev–Trinajstić information content (AvgIpc) is 2.94. The summed E-state index contributed by atoms with van der Waals surface area (Å²) in [4.78, 5) is 37.8. The molecule has 4 aromatic rings. The van der Waals surface area contributed by atoms with Gasteiger partial charge in [0.1, 0.15) is 5.75 Å². The van der Waals surface area contributed by atoms with Crippen LogP contribution in [0.25, 0.3) is 11.0 Å². The number of likely N-dealkylation sites (tertiary alicyclic amines) is 1. The number of carbonyl (C=O) groups is 1. The molecule has 1 unspecified atom stereocenters. The third-order valence-corrected chi connectivity index (χ3v) is 7.27. The van der Waals surface area contributed by atoms with Gasteiger partial charge in [-0.3, -0.25) is 24.0 Å². The number of fused-ring (bicyclic) bond motifs is 1. The number of carbonyl (C=O) groups excluding carboxylic acids is 1. The van der Waals surface area contributed by atoms with E-state index < -0.39 is 5.91 Å². The van der Waals surface area contributed by atoms with Crippen molar-refractivity contribution in [2.45, 2.75) is 58.7 Å². The molecule has 1 aliphatic rings. The van der Waals surface area contributed by atoms with Crippen molar-refractivity contribution in [1.29, 1.82) is 0 Å². The number of amides is 1. The molecule has 8 nitrogen and oxygen atoms in total. The molecule has 1 fully saturated rings. The molecular formula is C31H35N5O3. The molecule has 1 aliphatic heterocycles. The van der Waals surface area contributed by atoms with E-state index in [0.717, 1.165) is 48.0 Å². The highest BCUT2D eigenvalue weighted by atomic mass is 16.5. The fraction of sp³-hybridized carbons (Fsp3) is 0.355. The largest absolute Gasteiger partial charge is 0.483 e. The molecule has 0 aliphatic carbocycles. The number of aromatic nitrogens is 3. The third kappa shape index (κ3) is 6.01. The summed E-state index contributed by atoms with van der Waals surface area (Å²) in [7, 11) is 0. The number of ether oxygens (including phenoxy) is 1. The molecule has 39 heavy (non-hydrogen) atoms. The fourth-order valence-corrected chi connectivity index (χ4v) is 5.26. The maximum Gasteiger partial charge on any atom is 0.295 e. The van der Waals surface area contributed by atoms with Crippen molar-refractivity contribution < 1.29 is 9.53 Å². The zero-order valence-electron chi connectivity index (χ0n) is 22.8. The summed E-state index contributed by atoms with van der Waals surface area (Å²) in [5, 5.41) is 2.72. The van der Waals surface area contributed by atoms with Crippen LogP contribution in [0.1, 0.15) is 61.8 Å². The number of pyridine rings is 1. The van der Waals surface area contributed by atoms with Crippen LogP contribution in [0, 0.1) is 6.92 Å². The minimum absolute atomic E-state index is 0.00515. The summed E-state index contributed by atoms with van der Waals surface area (Å²) in [5.74, 6) is 0.508. The van der Waals surface area contributed by atoms with Crippen molar-refractivity contribution in [3.8, 4) is 5.75 Å². The predicted octanol–water partition coefficient (Wildman–Crippen LogP) is 5.43. The number of piperidine rings is 1. The first-order chi connectivity index (χ1) is 18.9. The van der Waals surface area contributed by atoms with E-state index in [1.165, 1.54) is 0 Å². The first kappa shape index (κ1) is 26.6. The lowest BCUT2D eigenvalue weighted by Gasteiger charge is -2.36. The lowest BCUT2D eigenvalue weighted by atomic mass is 9.97. The number of benzene rings is 2. The van der Waals surface area contributed by atoms with Gasteiger partial charge in [-0.05, 0) is 66.6 Å². The van der Waals surface area contributed by atoms with Gasteiger partial charge in [-0.15, -0.1) is 0 Å². The minimum atomic E-state index is -0.427. The summed E-state index contributed by atoms with van der Waals surface area (Å²) >= 11 is 0. The van der Waals surface area contributed by atoms with E-state index in [-0.39, 0.29) is 29.9 Å². The Morgan fingerprint density at radius 2 is 1.97 bits per heavy atom. The quantitative estimate of drug-likeness (QED) is 0.330. The Bertz CT molecular complexity index is 1520. The maximum atomic E-state index is 13.7. The Morgan fingerprint density at radius 3 is 2.77 bits per heavy atom. The number of hydrogen-bond donors (Lipinski definition) is 1. The van der Waals surface area contributed by atoms with Gasteiger partial charge in [0, 0.05) is 25.0 Å². The normalized spacial score (nSPS) is 15.9. The number of nitrogens with zero attached hydrogens (tertiary/aromatic N) is 4. The molecule has 2 aromatic heterocycles. The van der Waals surface area contributed by atoms with E-state index in [2.05, 4.69) is 40.1 Å². The Labute approximate surface area is 228 Å². The highest BCUT2D eigenvalue weighted by Gasteiger charge is 2.26. The lowest BCUT2D eigenvalue weighted by molar-refractivity contribution is -0.118. The van der Waals surface area contributed by atoms with Crippen molar-refractivity contribution in [3.05, 3.63) is 94.0 Å². The van der Waals surface area contributed by atoms with Crippen LogP contribution >= 0.6 is 0 Å². The highest BCUT2D eigenvalue weighted by Crippen LogP contribution is 2.31. The molecule has 1 atom stereocenters. The number of hydrogen-bond acceptors (Lipinski definition) is 6. The fourth-order valence-electron chi connectivity index (χ4n) is 5.26. The zero-order chi connectivity index (χ0) is 27.4. The Kier molecular flexibility index (Phi) is 8.02. The molecule has 2 aromatic carbocycles. The zero-order valence-corrected chi connectivity index (χ0v) is 22.8. The van der Waals surface area contributed by atoms with Crippen molar-refractivity contribution >= 4 is 22.8 Å². The molecule has 1 amide bonds. The standard InChI is InChI=1S/C31H35N5O3/c1-21(2)24-14-13-22(3)17-28(24)39-19-29(37)34-30-31(38)36(27-12-5-4-10-25(27)33-30)20-35-16-7-6-11-26(35)23-9-8-15-32-18-23/h4-5,8-10,12-15,17-18,21,26H,6-7,11,16,19-20H2,1-3H3,(H,33,34,37). The minimum Gasteiger partial charge on any atom is -0.483 e. The van der Waals surface area contributed by atoms with E-state index in [1.807, 2.05) is 61.7 Å². The topological polar surface area (TPSA) is 89.3 Å². The summed E-state index contributed by atoms with van der Waals surface area (Å²) < 4.78 is 7.61. The number of para-hydroxylation sites is 2. The van der Waals surface area contributed by atoms with E-state index in [4.69, 9.17) is 4.74 Å². The van der Waals surface area contributed by atoms with E-state index in [0.29, 0.717) is 17.9 Å². The second-order valence-electron chi connectivity index (χ2n) is 10.5. The second kappa shape index (κ2) is 11.8. The first-order valence-electron chi connectivity index (χ1n) is 13.6. The Balaban J connectivity index is 1.40. The van der Waals surface area contributed by atoms with Crippen molar-refractivity contribution in [2.75, 3.05) is 18.5 Å². The van der Waals surface area contributed by atoms with Gasteiger partial charge in [-0.2, -0.15) is 0 Å². The molecule has 1 N–H and O–H groups in total. The molecule has 202 valence electrons. The van der Waals surface area contributed by atoms with E-state index in [1.54, 1.807) is 10.8 Å². The van der Waals surface area contributed by atoms with E-state index in [9.17, 15) is 9.59 Å². The Hall–Kier alpha value is -4.04. The van der Waals surface area contributed by atoms with Crippen LogP contribution in [0.3, 0.4) is 0 Å². The van der Waals surface area contributed by atoms with Crippen LogP contribution in [0.2, 0.25) is 0 Å². The van der Waals surface area contributed by atoms with Crippen LogP contribution in [-0.4, -0.2) is 38.5 Å². The van der Waals surface area contributed by atoms with Crippen LogP contribution < -0.4 is 15.6 Å². The smallest absolute Gasteiger partial charge is 0.295 e. The monoisotopic (exact) mass is 525 g/mol. The summed E-state index contributed by atoms with van der Waals surface area (Å²) in [5.41, 5.74) is 4.26. The SMILES string of the molecule is Cc1ccc(C(C)C)c(OCC(=O)Nc2nc3ccccc3n(CN3CCCCC3c3cccnc3)c2=O)c1. The average molecular weight is 526 g/mol. The number of aryl methyl sites for hydroxylation is 1. The molecule has 0 bridgehead atoms. The first-order valence-corrected chi connectivity index (χ1v) is 13.6. The third-order valence-electron chi connectivity index (χ3n) is 7.27. The predicted molar refractivity (Wildman–Crippen MR) is 153 cm³/mol. The van der Waals surface area contributed by atoms with Gasteiger partial charge in [0.15, 0.2) is 12.4 Å². The number of nitrogens with one attached hydrogen (secondary N) is 1. The van der Waals surface area contributed by atoms with Crippen molar-refractivity contribution in [1.82, 2.24) is 19.4 Å². The Morgan fingerprint density at radius 1 is 1.13 bits per heavy atom. The number of anilines is 1. The molecule has 8 heteroatoms. The molecule has 0 spiro atoms. The van der Waals surface area contributed by atoms with Crippen LogP contribution in [0.15, 0.2) is 71.8 Å². The van der Waals surface area contributed by atoms with E-state index >= 15 is 0 Å². The molecule has 5 rings (SSSR count). The van der Waals surface area contributed by atoms with Crippen LogP contribution in [0.4, 0.5) is 5.82 Å². The van der Waals surface area contributed by atoms with Crippen LogP contribution in [-0.2, 0) is 11.5 Å². The van der Waals surface area contributed by atoms with Gasteiger partial charge < -0.3 is 10.1 Å². The van der Waals surface area contributed by atoms with Crippen LogP contribution in [0.5, 0.6) is 5.75 Å². The van der Waals surface area contributed by atoms with Gasteiger partial charge in [-0.25, -0.2) is 4.98 Å². The van der Waals surface area contributed by atoms with Gasteiger partial charge in [0.25, 0.3) is 11.5 Å². The van der Waals surface area contributed by atoms with Gasteiger partial charge in [0.2, 0.25) is 0 Å². The van der Waals surface area contributed by atoms with Gasteiger partial charge in [-0.1, -0.05) is 50.6 Å². The van der Waals surface area contributed by atoms with Gasteiger partial charge >= 0.3 is 0 Å².